The summed E-state index contributed by atoms with van der Waals surface area (Å²) in [5, 5.41) is 0.889. The van der Waals surface area contributed by atoms with Gasteiger partial charge >= 0.3 is 0 Å². The Labute approximate surface area is 84.8 Å². The molecule has 0 bridgehead atoms. The van der Waals surface area contributed by atoms with Gasteiger partial charge in [-0.3, -0.25) is 0 Å². The van der Waals surface area contributed by atoms with Crippen molar-refractivity contribution >= 4 is 22.0 Å². The largest absolute Gasteiger partial charge is 0.464 e. The topological polar surface area (TPSA) is 13.1 Å². The first-order valence-corrected chi connectivity index (χ1v) is 5.41. The molecular formula is C10H10BrFO. The number of rotatable bonds is 2. The molecule has 1 heterocycles. The van der Waals surface area contributed by atoms with E-state index >= 15 is 0 Å². The summed E-state index contributed by atoms with van der Waals surface area (Å²) >= 11 is 3.36. The molecule has 0 fully saturated rings. The normalized spacial score (nSPS) is 20.3. The lowest BCUT2D eigenvalue weighted by Crippen LogP contribution is -2.07. The van der Waals surface area contributed by atoms with E-state index in [0.29, 0.717) is 6.42 Å². The number of alkyl halides is 2. The zero-order valence-corrected chi connectivity index (χ0v) is 8.68. The van der Waals surface area contributed by atoms with Crippen molar-refractivity contribution < 1.29 is 8.81 Å². The fraction of sp³-hybridized carbons (Fsp3) is 0.400. The molecule has 1 aliphatic rings. The van der Waals surface area contributed by atoms with Crippen LogP contribution in [0, 0.1) is 0 Å². The molecule has 0 aliphatic heterocycles. The average molecular weight is 245 g/mol. The van der Waals surface area contributed by atoms with Crippen molar-refractivity contribution in [2.75, 3.05) is 5.33 Å². The van der Waals surface area contributed by atoms with Gasteiger partial charge in [0.2, 0.25) is 0 Å². The predicted molar refractivity (Wildman–Crippen MR) is 53.8 cm³/mol. The zero-order chi connectivity index (χ0) is 9.26. The first kappa shape index (κ1) is 9.00. The lowest BCUT2D eigenvalue weighted by Gasteiger charge is -2.09. The van der Waals surface area contributed by atoms with Gasteiger partial charge in [-0.2, -0.15) is 0 Å². The van der Waals surface area contributed by atoms with Crippen LogP contribution >= 0.6 is 15.9 Å². The Bertz CT molecular complexity index is 330. The Morgan fingerprint density at radius 3 is 3.23 bits per heavy atom. The molecule has 2 rings (SSSR count). The van der Waals surface area contributed by atoms with Gasteiger partial charge in [0.05, 0.1) is 6.26 Å². The molecule has 0 radical (unpaired) electrons. The first-order chi connectivity index (χ1) is 6.31. The van der Waals surface area contributed by atoms with E-state index in [9.17, 15) is 4.39 Å². The van der Waals surface area contributed by atoms with Crippen molar-refractivity contribution in [1.29, 1.82) is 0 Å². The van der Waals surface area contributed by atoms with E-state index < -0.39 is 6.17 Å². The van der Waals surface area contributed by atoms with Crippen LogP contribution < -0.4 is 0 Å². The minimum absolute atomic E-state index is 0.463. The summed E-state index contributed by atoms with van der Waals surface area (Å²) in [5.74, 6) is 0.824. The van der Waals surface area contributed by atoms with Gasteiger partial charge in [0, 0.05) is 17.3 Å². The van der Waals surface area contributed by atoms with Crippen molar-refractivity contribution in [2.24, 2.45) is 0 Å². The van der Waals surface area contributed by atoms with Crippen molar-refractivity contribution in [3.05, 3.63) is 29.2 Å². The van der Waals surface area contributed by atoms with Crippen LogP contribution in [0.25, 0.3) is 6.08 Å². The molecule has 1 aromatic heterocycles. The average Bonchev–Trinajstić information content (AvgIpc) is 2.49. The van der Waals surface area contributed by atoms with Gasteiger partial charge in [-0.25, -0.2) is 4.39 Å². The molecule has 1 atom stereocenters. The summed E-state index contributed by atoms with van der Waals surface area (Å²) in [4.78, 5) is 0. The Balaban J connectivity index is 2.32. The van der Waals surface area contributed by atoms with Gasteiger partial charge in [0.25, 0.3) is 0 Å². The van der Waals surface area contributed by atoms with Crippen LogP contribution in [0.2, 0.25) is 0 Å². The SMILES string of the molecule is FC1C=Cc2occ(CCBr)c2C1. The molecule has 1 aromatic rings. The van der Waals surface area contributed by atoms with Crippen molar-refractivity contribution in [3.8, 4) is 0 Å². The van der Waals surface area contributed by atoms with Gasteiger partial charge < -0.3 is 4.42 Å². The van der Waals surface area contributed by atoms with Crippen molar-refractivity contribution in [1.82, 2.24) is 0 Å². The fourth-order valence-corrected chi connectivity index (χ4v) is 2.00. The van der Waals surface area contributed by atoms with Crippen LogP contribution in [0.1, 0.15) is 16.9 Å². The summed E-state index contributed by atoms with van der Waals surface area (Å²) in [6.07, 6.45) is 5.52. The Morgan fingerprint density at radius 2 is 2.46 bits per heavy atom. The molecule has 0 N–H and O–H groups in total. The van der Waals surface area contributed by atoms with Crippen LogP contribution in [0.15, 0.2) is 16.8 Å². The summed E-state index contributed by atoms with van der Waals surface area (Å²) in [6.45, 7) is 0. The number of allylic oxidation sites excluding steroid dienone is 1. The number of hydrogen-bond acceptors (Lipinski definition) is 1. The first-order valence-electron chi connectivity index (χ1n) is 4.28. The third-order valence-corrected chi connectivity index (χ3v) is 2.63. The van der Waals surface area contributed by atoms with Crippen LogP contribution in [-0.2, 0) is 12.8 Å². The highest BCUT2D eigenvalue weighted by atomic mass is 79.9. The molecule has 1 nitrogen and oxygen atoms in total. The van der Waals surface area contributed by atoms with Crippen molar-refractivity contribution in [3.63, 3.8) is 0 Å². The maximum atomic E-state index is 13.0. The van der Waals surface area contributed by atoms with E-state index in [1.165, 1.54) is 0 Å². The van der Waals surface area contributed by atoms with E-state index in [1.54, 1.807) is 18.4 Å². The molecule has 70 valence electrons. The van der Waals surface area contributed by atoms with Crippen LogP contribution in [-0.4, -0.2) is 11.5 Å². The van der Waals surface area contributed by atoms with Gasteiger partial charge in [-0.15, -0.1) is 0 Å². The molecule has 0 aromatic carbocycles. The van der Waals surface area contributed by atoms with Crippen LogP contribution in [0.4, 0.5) is 4.39 Å². The summed E-state index contributed by atoms with van der Waals surface area (Å²) < 4.78 is 18.3. The quantitative estimate of drug-likeness (QED) is 0.729. The van der Waals surface area contributed by atoms with E-state index in [4.69, 9.17) is 4.42 Å². The second-order valence-corrected chi connectivity index (χ2v) is 3.91. The van der Waals surface area contributed by atoms with E-state index in [1.807, 2.05) is 0 Å². The van der Waals surface area contributed by atoms with Crippen molar-refractivity contribution in [2.45, 2.75) is 19.0 Å². The summed E-state index contributed by atoms with van der Waals surface area (Å²) in [5.41, 5.74) is 2.16. The highest BCUT2D eigenvalue weighted by molar-refractivity contribution is 9.09. The van der Waals surface area contributed by atoms with Gasteiger partial charge in [-0.05, 0) is 24.1 Å². The smallest absolute Gasteiger partial charge is 0.130 e. The van der Waals surface area contributed by atoms with Crippen LogP contribution in [0.3, 0.4) is 0 Å². The number of halogens is 2. The Morgan fingerprint density at radius 1 is 1.62 bits per heavy atom. The molecule has 13 heavy (non-hydrogen) atoms. The third-order valence-electron chi connectivity index (χ3n) is 2.23. The minimum Gasteiger partial charge on any atom is -0.464 e. The molecule has 1 unspecified atom stereocenters. The predicted octanol–water partition coefficient (Wildman–Crippen LogP) is 3.12. The second-order valence-electron chi connectivity index (χ2n) is 3.12. The molecule has 0 amide bonds. The Kier molecular flexibility index (Phi) is 2.54. The molecule has 0 saturated carbocycles. The standard InChI is InChI=1S/C10H10BrFO/c11-4-3-7-6-13-10-2-1-8(12)5-9(7)10/h1-2,6,8H,3-5H2. The lowest BCUT2D eigenvalue weighted by atomic mass is 9.98. The maximum absolute atomic E-state index is 13.0. The van der Waals surface area contributed by atoms with Gasteiger partial charge in [-0.1, -0.05) is 15.9 Å². The highest BCUT2D eigenvalue weighted by Crippen LogP contribution is 2.26. The van der Waals surface area contributed by atoms with Crippen LogP contribution in [0.5, 0.6) is 0 Å². The molecule has 0 spiro atoms. The van der Waals surface area contributed by atoms with E-state index in [0.717, 1.165) is 28.6 Å². The molecular weight excluding hydrogens is 235 g/mol. The zero-order valence-electron chi connectivity index (χ0n) is 7.09. The third kappa shape index (κ3) is 1.70. The van der Waals surface area contributed by atoms with E-state index in [-0.39, 0.29) is 0 Å². The number of furan rings is 1. The van der Waals surface area contributed by atoms with Gasteiger partial charge in [0.15, 0.2) is 0 Å². The molecule has 1 aliphatic carbocycles. The number of fused-ring (bicyclic) bond motifs is 1. The van der Waals surface area contributed by atoms with E-state index in [2.05, 4.69) is 15.9 Å². The molecule has 3 heteroatoms. The molecule has 0 saturated heterocycles. The summed E-state index contributed by atoms with van der Waals surface area (Å²) in [6, 6.07) is 0. The van der Waals surface area contributed by atoms with Gasteiger partial charge in [0.1, 0.15) is 11.9 Å². The summed E-state index contributed by atoms with van der Waals surface area (Å²) in [7, 11) is 0. The second kappa shape index (κ2) is 3.66. The number of aryl methyl sites for hydroxylation is 1. The number of hydrogen-bond donors (Lipinski definition) is 0. The highest BCUT2D eigenvalue weighted by Gasteiger charge is 2.18. The Hall–Kier alpha value is -0.570. The minimum atomic E-state index is -0.848. The monoisotopic (exact) mass is 244 g/mol. The lowest BCUT2D eigenvalue weighted by molar-refractivity contribution is 0.393. The maximum Gasteiger partial charge on any atom is 0.130 e. The fourth-order valence-electron chi connectivity index (χ4n) is 1.57.